The van der Waals surface area contributed by atoms with Crippen LogP contribution in [0.25, 0.3) is 16.9 Å². The van der Waals surface area contributed by atoms with Gasteiger partial charge in [0.2, 0.25) is 5.75 Å². The second-order valence-electron chi connectivity index (χ2n) is 5.60. The molecule has 0 aliphatic rings. The second kappa shape index (κ2) is 8.23. The molecule has 0 N–H and O–H groups in total. The minimum Gasteiger partial charge on any atom is -0.493 e. The van der Waals surface area contributed by atoms with Gasteiger partial charge in [-0.1, -0.05) is 19.1 Å². The number of methoxy groups -OCH3 is 3. The third-order valence-corrected chi connectivity index (χ3v) is 5.03. The third-order valence-electron chi connectivity index (χ3n) is 4.14. The maximum Gasteiger partial charge on any atom is 0.203 e. The Morgan fingerprint density at radius 1 is 0.885 bits per heavy atom. The van der Waals surface area contributed by atoms with Crippen molar-refractivity contribution in [2.75, 3.05) is 27.1 Å². The van der Waals surface area contributed by atoms with Crippen LogP contribution in [0.3, 0.4) is 0 Å². The zero-order chi connectivity index (χ0) is 18.5. The molecular formula is C21H23NO3S. The molecule has 3 rings (SSSR count). The summed E-state index contributed by atoms with van der Waals surface area (Å²) in [4.78, 5) is 1.28. The lowest BCUT2D eigenvalue weighted by atomic mass is 10.1. The fraction of sp³-hybridized carbons (Fsp3) is 0.238. The van der Waals surface area contributed by atoms with E-state index in [0.717, 1.165) is 22.7 Å². The molecule has 0 radical (unpaired) electrons. The van der Waals surface area contributed by atoms with Crippen molar-refractivity contribution in [3.8, 4) is 34.2 Å². The van der Waals surface area contributed by atoms with E-state index in [1.807, 2.05) is 36.2 Å². The van der Waals surface area contributed by atoms with E-state index in [1.54, 1.807) is 21.3 Å². The van der Waals surface area contributed by atoms with Gasteiger partial charge in [0.05, 0.1) is 32.7 Å². The highest BCUT2D eigenvalue weighted by Gasteiger charge is 2.15. The highest BCUT2D eigenvalue weighted by molar-refractivity contribution is 7.99. The van der Waals surface area contributed by atoms with Crippen LogP contribution < -0.4 is 14.2 Å². The van der Waals surface area contributed by atoms with Crippen molar-refractivity contribution >= 4 is 11.8 Å². The van der Waals surface area contributed by atoms with Gasteiger partial charge in [-0.2, -0.15) is 0 Å². The van der Waals surface area contributed by atoms with Gasteiger partial charge < -0.3 is 18.8 Å². The zero-order valence-electron chi connectivity index (χ0n) is 15.5. The first-order valence-corrected chi connectivity index (χ1v) is 9.41. The summed E-state index contributed by atoms with van der Waals surface area (Å²) in [6.45, 7) is 2.16. The van der Waals surface area contributed by atoms with E-state index in [9.17, 15) is 0 Å². The van der Waals surface area contributed by atoms with Crippen molar-refractivity contribution in [2.24, 2.45) is 0 Å². The van der Waals surface area contributed by atoms with Crippen molar-refractivity contribution in [1.82, 2.24) is 4.57 Å². The molecule has 1 aromatic heterocycles. The van der Waals surface area contributed by atoms with Crippen molar-refractivity contribution in [2.45, 2.75) is 11.8 Å². The van der Waals surface area contributed by atoms with E-state index >= 15 is 0 Å². The predicted molar refractivity (Wildman–Crippen MR) is 107 cm³/mol. The van der Waals surface area contributed by atoms with Gasteiger partial charge >= 0.3 is 0 Å². The Morgan fingerprint density at radius 3 is 2.08 bits per heavy atom. The molecule has 0 saturated heterocycles. The largest absolute Gasteiger partial charge is 0.493 e. The minimum atomic E-state index is 0.591. The Balaban J connectivity index is 2.05. The maximum absolute atomic E-state index is 5.48. The Hall–Kier alpha value is -2.53. The lowest BCUT2D eigenvalue weighted by Crippen LogP contribution is -2.00. The monoisotopic (exact) mass is 369 g/mol. The molecule has 1 heterocycles. The summed E-state index contributed by atoms with van der Waals surface area (Å²) in [6.07, 6.45) is 2.03. The SMILES string of the molecule is CCSc1ccc(-c2cccn2-c2cc(OC)c(OC)c(OC)c2)cc1. The number of aromatic nitrogens is 1. The average Bonchev–Trinajstić information content (AvgIpc) is 3.17. The highest BCUT2D eigenvalue weighted by atomic mass is 32.2. The lowest BCUT2D eigenvalue weighted by molar-refractivity contribution is 0.324. The van der Waals surface area contributed by atoms with Gasteiger partial charge in [-0.25, -0.2) is 0 Å². The fourth-order valence-corrected chi connectivity index (χ4v) is 3.60. The van der Waals surface area contributed by atoms with E-state index in [1.165, 1.54) is 4.90 Å². The molecule has 0 amide bonds. The zero-order valence-corrected chi connectivity index (χ0v) is 16.3. The molecule has 0 aliphatic heterocycles. The molecule has 136 valence electrons. The molecule has 0 aliphatic carbocycles. The predicted octanol–water partition coefficient (Wildman–Crippen LogP) is 5.28. The van der Waals surface area contributed by atoms with E-state index < -0.39 is 0 Å². The Kier molecular flexibility index (Phi) is 5.78. The van der Waals surface area contributed by atoms with Crippen molar-refractivity contribution in [3.05, 3.63) is 54.7 Å². The molecule has 4 nitrogen and oxygen atoms in total. The van der Waals surface area contributed by atoms with Gasteiger partial charge in [0.25, 0.3) is 0 Å². The van der Waals surface area contributed by atoms with Crippen molar-refractivity contribution in [1.29, 1.82) is 0 Å². The van der Waals surface area contributed by atoms with Crippen molar-refractivity contribution in [3.63, 3.8) is 0 Å². The van der Waals surface area contributed by atoms with E-state index in [2.05, 4.69) is 41.8 Å². The van der Waals surface area contributed by atoms with Crippen LogP contribution in [0.15, 0.2) is 59.6 Å². The molecular weight excluding hydrogens is 346 g/mol. The topological polar surface area (TPSA) is 32.6 Å². The van der Waals surface area contributed by atoms with Gasteiger partial charge in [-0.15, -0.1) is 11.8 Å². The summed E-state index contributed by atoms with van der Waals surface area (Å²) < 4.78 is 18.5. The van der Waals surface area contributed by atoms with Crippen LogP contribution in [0.2, 0.25) is 0 Å². The molecule has 5 heteroatoms. The van der Waals surface area contributed by atoms with Gasteiger partial charge in [0.1, 0.15) is 0 Å². The second-order valence-corrected chi connectivity index (χ2v) is 6.94. The first-order valence-electron chi connectivity index (χ1n) is 8.42. The summed E-state index contributed by atoms with van der Waals surface area (Å²) in [7, 11) is 4.86. The number of benzene rings is 2. The number of hydrogen-bond donors (Lipinski definition) is 0. The summed E-state index contributed by atoms with van der Waals surface area (Å²) in [5.41, 5.74) is 3.21. The smallest absolute Gasteiger partial charge is 0.203 e. The summed E-state index contributed by atoms with van der Waals surface area (Å²) >= 11 is 1.84. The Labute approximate surface area is 158 Å². The van der Waals surface area contributed by atoms with Crippen LogP contribution in [0.4, 0.5) is 0 Å². The van der Waals surface area contributed by atoms with E-state index in [4.69, 9.17) is 14.2 Å². The summed E-state index contributed by atoms with van der Waals surface area (Å²) in [6, 6.07) is 16.7. The lowest BCUT2D eigenvalue weighted by Gasteiger charge is -2.16. The van der Waals surface area contributed by atoms with Crippen LogP contribution in [0.1, 0.15) is 6.92 Å². The molecule has 0 spiro atoms. The minimum absolute atomic E-state index is 0.591. The standard InChI is InChI=1S/C21H23NO3S/c1-5-26-17-10-8-15(9-11-17)18-7-6-12-22(18)16-13-19(23-2)21(25-4)20(14-16)24-3/h6-14H,5H2,1-4H3. The van der Waals surface area contributed by atoms with Crippen LogP contribution in [0.5, 0.6) is 17.2 Å². The van der Waals surface area contributed by atoms with Gasteiger partial charge in [-0.05, 0) is 35.6 Å². The Morgan fingerprint density at radius 2 is 1.54 bits per heavy atom. The normalized spacial score (nSPS) is 10.6. The quantitative estimate of drug-likeness (QED) is 0.530. The molecule has 0 bridgehead atoms. The third kappa shape index (κ3) is 3.53. The first-order chi connectivity index (χ1) is 12.7. The molecule has 3 aromatic rings. The number of hydrogen-bond acceptors (Lipinski definition) is 4. The fourth-order valence-electron chi connectivity index (χ4n) is 2.94. The molecule has 2 aromatic carbocycles. The summed E-state index contributed by atoms with van der Waals surface area (Å²) in [5, 5.41) is 0. The number of ether oxygens (including phenoxy) is 3. The molecule has 0 saturated carbocycles. The van der Waals surface area contributed by atoms with Gasteiger partial charge in [0, 0.05) is 23.2 Å². The Bertz CT molecular complexity index is 846. The molecule has 0 unspecified atom stereocenters. The van der Waals surface area contributed by atoms with E-state index in [0.29, 0.717) is 17.2 Å². The van der Waals surface area contributed by atoms with Crippen LogP contribution >= 0.6 is 11.8 Å². The molecule has 0 fully saturated rings. The van der Waals surface area contributed by atoms with Crippen molar-refractivity contribution < 1.29 is 14.2 Å². The van der Waals surface area contributed by atoms with Crippen LogP contribution in [-0.2, 0) is 0 Å². The molecule has 26 heavy (non-hydrogen) atoms. The van der Waals surface area contributed by atoms with Gasteiger partial charge in [-0.3, -0.25) is 0 Å². The van der Waals surface area contributed by atoms with Crippen LogP contribution in [0, 0.1) is 0 Å². The van der Waals surface area contributed by atoms with Gasteiger partial charge in [0.15, 0.2) is 11.5 Å². The van der Waals surface area contributed by atoms with E-state index in [-0.39, 0.29) is 0 Å². The first kappa shape index (κ1) is 18.3. The number of nitrogens with zero attached hydrogens (tertiary/aromatic N) is 1. The average molecular weight is 369 g/mol. The maximum atomic E-state index is 5.48. The van der Waals surface area contributed by atoms with Crippen LogP contribution in [-0.4, -0.2) is 31.6 Å². The highest BCUT2D eigenvalue weighted by Crippen LogP contribution is 2.40. The number of rotatable bonds is 7. The number of thioether (sulfide) groups is 1. The summed E-state index contributed by atoms with van der Waals surface area (Å²) in [5.74, 6) is 2.93. The molecule has 0 atom stereocenters.